The Morgan fingerprint density at radius 2 is 0.733 bits per heavy atom. The molecule has 0 fully saturated rings. The predicted molar refractivity (Wildman–Crippen MR) is 315 cm³/mol. The number of hydrogen-bond donors (Lipinski definition) is 3. The first-order valence-corrected chi connectivity index (χ1v) is 30.0. The van der Waals surface area contributed by atoms with E-state index in [1.807, 2.05) is 0 Å². The molecule has 6 nitrogen and oxygen atoms in total. The molecule has 0 radical (unpaired) electrons. The molecule has 0 spiro atoms. The maximum atomic E-state index is 10.7. The van der Waals surface area contributed by atoms with Crippen LogP contribution in [0.25, 0.3) is 30.0 Å². The molecular formula is C66H81BrO6S2. The fourth-order valence-corrected chi connectivity index (χ4v) is 12.8. The largest absolute Gasteiger partial charge is 1.00 e. The first-order valence-electron chi connectivity index (χ1n) is 27.4. The molecular weight excluding hydrogens is 1030 g/mol. The van der Waals surface area contributed by atoms with Gasteiger partial charge in [-0.05, 0) is 104 Å². The monoisotopic (exact) mass is 1110 g/mol. The predicted octanol–water partition coefficient (Wildman–Crippen LogP) is 16.6. The minimum Gasteiger partial charge on any atom is -1.00 e. The van der Waals surface area contributed by atoms with Crippen LogP contribution in [0.2, 0.25) is 0 Å². The number of rotatable bonds is 26. The molecule has 6 aromatic carbocycles. The second kappa shape index (κ2) is 36.3. The second-order valence-electron chi connectivity index (χ2n) is 19.1. The number of thiophene rings is 2. The van der Waals surface area contributed by atoms with Gasteiger partial charge >= 0.3 is 11.9 Å². The number of carboxylic acids is 2. The van der Waals surface area contributed by atoms with Crippen molar-refractivity contribution in [2.24, 2.45) is 0 Å². The van der Waals surface area contributed by atoms with Gasteiger partial charge in [-0.2, -0.15) is 0 Å². The number of aromatic hydroxyl groups is 1. The standard InChI is InChI=1S/2C26H35S.2C7H6O3.BrH/c2*1-2-3-4-5-6-7-8-9-10-11-14-23-17-19-25(20-18-23)27-22-21-24-15-12-13-16-26(24)27;2*8-6-4-2-1-3-5(6)7(9)10;/h2*12-13,15-22H,2-11,14H2,1H3;2*1-4,8H,(H,9,10);1H/q2*+1;;;/p-2. The molecule has 9 heteroatoms. The van der Waals surface area contributed by atoms with Gasteiger partial charge in [0.25, 0.3) is 0 Å². The minimum absolute atomic E-state index is 0. The van der Waals surface area contributed by atoms with Crippen molar-refractivity contribution < 1.29 is 47.0 Å². The van der Waals surface area contributed by atoms with E-state index < -0.39 is 17.7 Å². The van der Waals surface area contributed by atoms with Gasteiger partial charge in [-0.1, -0.05) is 214 Å². The van der Waals surface area contributed by atoms with Crippen LogP contribution in [0.3, 0.4) is 0 Å². The highest BCUT2D eigenvalue weighted by Gasteiger charge is 2.16. The van der Waals surface area contributed by atoms with E-state index in [0.29, 0.717) is 0 Å². The molecule has 0 saturated carbocycles. The van der Waals surface area contributed by atoms with Gasteiger partial charge in [-0.15, -0.1) is 0 Å². The van der Waals surface area contributed by atoms with E-state index in [1.165, 1.54) is 219 Å². The molecule has 0 aliphatic heterocycles. The molecule has 2 unspecified atom stereocenters. The van der Waals surface area contributed by atoms with Crippen molar-refractivity contribution in [3.05, 3.63) is 191 Å². The number of benzene rings is 6. The molecule has 0 aliphatic rings. The van der Waals surface area contributed by atoms with Crippen LogP contribution in [0.15, 0.2) is 168 Å². The minimum atomic E-state index is -1.18. The van der Waals surface area contributed by atoms with Gasteiger partial charge in [0.05, 0.1) is 5.56 Å². The van der Waals surface area contributed by atoms with E-state index in [4.69, 9.17) is 15.3 Å². The maximum Gasteiger partial charge on any atom is 0.339 e. The van der Waals surface area contributed by atoms with E-state index in [1.54, 1.807) is 12.1 Å². The van der Waals surface area contributed by atoms with Gasteiger partial charge in [0, 0.05) is 43.8 Å². The number of para-hydroxylation sites is 2. The molecule has 2 aromatic heterocycles. The van der Waals surface area contributed by atoms with Crippen molar-refractivity contribution >= 4 is 53.1 Å². The van der Waals surface area contributed by atoms with Crippen molar-refractivity contribution in [2.45, 2.75) is 155 Å². The van der Waals surface area contributed by atoms with Gasteiger partial charge in [0.15, 0.2) is 19.2 Å². The first-order chi connectivity index (χ1) is 36.2. The second-order valence-corrected chi connectivity index (χ2v) is 22.9. The quantitative estimate of drug-likeness (QED) is 0.0367. The van der Waals surface area contributed by atoms with E-state index in [9.17, 15) is 14.7 Å². The fraction of sp³-hybridized carbons (Fsp3) is 0.364. The number of hydrogen-bond acceptors (Lipinski definition) is 4. The molecule has 0 bridgehead atoms. The van der Waals surface area contributed by atoms with Crippen LogP contribution in [0.4, 0.5) is 0 Å². The van der Waals surface area contributed by atoms with Crippen LogP contribution in [0, 0.1) is 0 Å². The average Bonchev–Trinajstić information content (AvgIpc) is 4.06. The van der Waals surface area contributed by atoms with Crippen LogP contribution in [-0.2, 0) is 12.8 Å². The lowest BCUT2D eigenvalue weighted by Crippen LogP contribution is -3.00. The van der Waals surface area contributed by atoms with Gasteiger partial charge in [0.1, 0.15) is 22.1 Å². The lowest BCUT2D eigenvalue weighted by Gasteiger charge is -2.07. The van der Waals surface area contributed by atoms with Gasteiger partial charge < -0.3 is 37.4 Å². The summed E-state index contributed by atoms with van der Waals surface area (Å²) in [5.41, 5.74) is 2.75. The van der Waals surface area contributed by atoms with Crippen molar-refractivity contribution in [3.8, 4) is 21.3 Å². The number of fused-ring (bicyclic) bond motifs is 2. The van der Waals surface area contributed by atoms with E-state index in [2.05, 4.69) is 134 Å². The number of aryl methyl sites for hydroxylation is 2. The Balaban J connectivity index is 0.000000236. The first kappa shape index (κ1) is 61.8. The molecule has 0 saturated heterocycles. The lowest BCUT2D eigenvalue weighted by molar-refractivity contribution is -0.268. The summed E-state index contributed by atoms with van der Waals surface area (Å²) < 4.78 is 2.94. The third-order valence-corrected chi connectivity index (χ3v) is 17.4. The normalized spacial score (nSPS) is 11.1. The summed E-state index contributed by atoms with van der Waals surface area (Å²) in [6.45, 7) is 4.58. The Labute approximate surface area is 464 Å². The molecule has 3 N–H and O–H groups in total. The fourth-order valence-electron chi connectivity index (χ4n) is 9.01. The van der Waals surface area contributed by atoms with E-state index in [0.717, 1.165) is 0 Å². The van der Waals surface area contributed by atoms with Gasteiger partial charge in [0.2, 0.25) is 0 Å². The zero-order valence-corrected chi connectivity index (χ0v) is 47.7. The Kier molecular flexibility index (Phi) is 29.9. The van der Waals surface area contributed by atoms with E-state index in [-0.39, 0.29) is 54.8 Å². The van der Waals surface area contributed by atoms with Crippen LogP contribution >= 0.6 is 20.9 Å². The molecule has 8 rings (SSSR count). The number of phenols is 1. The summed E-state index contributed by atoms with van der Waals surface area (Å²) in [5, 5.41) is 43.8. The summed E-state index contributed by atoms with van der Waals surface area (Å²) in [7, 11) is 0.262. The van der Waals surface area contributed by atoms with Crippen molar-refractivity contribution in [2.75, 3.05) is 0 Å². The van der Waals surface area contributed by atoms with Crippen molar-refractivity contribution in [1.29, 1.82) is 0 Å². The molecule has 75 heavy (non-hydrogen) atoms. The van der Waals surface area contributed by atoms with Crippen LogP contribution < -0.4 is 22.1 Å². The molecule has 400 valence electrons. The molecule has 0 aliphatic carbocycles. The van der Waals surface area contributed by atoms with Gasteiger partial charge in [-0.25, -0.2) is 9.59 Å². The summed E-state index contributed by atoms with van der Waals surface area (Å²) in [4.78, 5) is 23.4. The number of carboxylic acid groups (broad SMARTS) is 2. The zero-order valence-electron chi connectivity index (χ0n) is 44.5. The number of aromatic carboxylic acids is 2. The third kappa shape index (κ3) is 22.2. The maximum absolute atomic E-state index is 10.7. The van der Waals surface area contributed by atoms with Gasteiger partial charge in [-0.3, -0.25) is 0 Å². The summed E-state index contributed by atoms with van der Waals surface area (Å²) in [6.07, 6.45) is 30.7. The average molecular weight is 1110 g/mol. The SMILES string of the molecule is CCCCCCCCCCCCc1ccc(-[s+]2ccc3ccccc32)cc1.CCCCCCCCCCCCc1ccc(-[s+]2ccc3ccccc32)cc1.O=C(O)c1ccccc1O.O=C(O)c1ccccc1[O-].[Br-]. The summed E-state index contributed by atoms with van der Waals surface area (Å²) in [5.74, 6) is -2.94. The van der Waals surface area contributed by atoms with Crippen molar-refractivity contribution in [3.63, 3.8) is 0 Å². The Morgan fingerprint density at radius 1 is 0.400 bits per heavy atom. The van der Waals surface area contributed by atoms with Crippen LogP contribution in [0.5, 0.6) is 11.5 Å². The highest BCUT2D eigenvalue weighted by atomic mass is 79.9. The lowest BCUT2D eigenvalue weighted by atomic mass is 10.0. The Hall–Kier alpha value is -5.74. The number of carbonyl (C=O) groups is 2. The molecule has 2 heterocycles. The molecule has 2 atom stereocenters. The van der Waals surface area contributed by atoms with Crippen molar-refractivity contribution in [1.82, 2.24) is 0 Å². The smallest absolute Gasteiger partial charge is 0.339 e. The summed E-state index contributed by atoms with van der Waals surface area (Å²) in [6, 6.07) is 52.3. The Morgan fingerprint density at radius 3 is 1.08 bits per heavy atom. The Bertz CT molecular complexity index is 2620. The number of halogens is 1. The summed E-state index contributed by atoms with van der Waals surface area (Å²) >= 11 is 0. The number of unbranched alkanes of at least 4 members (excludes halogenated alkanes) is 18. The van der Waals surface area contributed by atoms with Crippen LogP contribution in [0.1, 0.15) is 174 Å². The zero-order chi connectivity index (χ0) is 52.6. The van der Waals surface area contributed by atoms with E-state index >= 15 is 0 Å². The van der Waals surface area contributed by atoms with Crippen LogP contribution in [-0.4, -0.2) is 27.3 Å². The topological polar surface area (TPSA) is 118 Å². The third-order valence-electron chi connectivity index (χ3n) is 13.3. The highest BCUT2D eigenvalue weighted by Crippen LogP contribution is 2.40. The molecule has 0 amide bonds. The highest BCUT2D eigenvalue weighted by molar-refractivity contribution is 7.44. The molecule has 8 aromatic rings.